The first-order chi connectivity index (χ1) is 5.29. The molecule has 0 aliphatic carbocycles. The van der Waals surface area contributed by atoms with E-state index in [-0.39, 0.29) is 0 Å². The van der Waals surface area contributed by atoms with Crippen LogP contribution in [0, 0.1) is 0 Å². The van der Waals surface area contributed by atoms with Crippen molar-refractivity contribution in [2.75, 3.05) is 0 Å². The summed E-state index contributed by atoms with van der Waals surface area (Å²) < 4.78 is 0. The maximum Gasteiger partial charge on any atom is 0.0299 e. The van der Waals surface area contributed by atoms with Crippen molar-refractivity contribution in [2.45, 2.75) is 24.6 Å². The van der Waals surface area contributed by atoms with Crippen molar-refractivity contribution in [2.24, 2.45) is 0 Å². The monoisotopic (exact) mass is 213 g/mol. The summed E-state index contributed by atoms with van der Waals surface area (Å²) in [5, 5.41) is 0. The standard InChI is InChI=1S/C9H12BrN/c1-8(10)4-5-9-3-2-6-11-7-9/h2-3,6-8H,4-5H2,1H3. The molecule has 0 saturated carbocycles. The van der Waals surface area contributed by atoms with Crippen molar-refractivity contribution in [3.63, 3.8) is 0 Å². The molecule has 1 atom stereocenters. The van der Waals surface area contributed by atoms with Crippen LogP contribution < -0.4 is 0 Å². The van der Waals surface area contributed by atoms with E-state index in [1.807, 2.05) is 12.3 Å². The molecular formula is C9H12BrN. The molecule has 1 aromatic rings. The predicted octanol–water partition coefficient (Wildman–Crippen LogP) is 2.80. The first-order valence-corrected chi connectivity index (χ1v) is 4.73. The Kier molecular flexibility index (Phi) is 3.57. The Morgan fingerprint density at radius 1 is 1.64 bits per heavy atom. The summed E-state index contributed by atoms with van der Waals surface area (Å²) in [5.41, 5.74) is 1.32. The molecule has 0 bridgehead atoms. The van der Waals surface area contributed by atoms with Gasteiger partial charge < -0.3 is 0 Å². The number of alkyl halides is 1. The fraction of sp³-hybridized carbons (Fsp3) is 0.444. The molecule has 1 aromatic heterocycles. The number of nitrogens with zero attached hydrogens (tertiary/aromatic N) is 1. The number of halogens is 1. The minimum Gasteiger partial charge on any atom is -0.264 e. The highest BCUT2D eigenvalue weighted by Crippen LogP contribution is 2.08. The summed E-state index contributed by atoms with van der Waals surface area (Å²) in [6.07, 6.45) is 6.02. The number of pyridine rings is 1. The van der Waals surface area contributed by atoms with Gasteiger partial charge in [0.1, 0.15) is 0 Å². The number of aryl methyl sites for hydroxylation is 1. The van der Waals surface area contributed by atoms with Crippen LogP contribution in [0.15, 0.2) is 24.5 Å². The summed E-state index contributed by atoms with van der Waals surface area (Å²) in [4.78, 5) is 4.65. The lowest BCUT2D eigenvalue weighted by Gasteiger charge is -2.01. The van der Waals surface area contributed by atoms with Crippen molar-refractivity contribution >= 4 is 15.9 Å². The highest BCUT2D eigenvalue weighted by Gasteiger charge is 1.96. The van der Waals surface area contributed by atoms with Gasteiger partial charge in [-0.2, -0.15) is 0 Å². The maximum atomic E-state index is 4.05. The van der Waals surface area contributed by atoms with Gasteiger partial charge in [-0.1, -0.05) is 28.9 Å². The summed E-state index contributed by atoms with van der Waals surface area (Å²) in [6.45, 7) is 2.16. The van der Waals surface area contributed by atoms with Crippen molar-refractivity contribution < 1.29 is 0 Å². The minimum atomic E-state index is 0.600. The van der Waals surface area contributed by atoms with Crippen LogP contribution in [-0.2, 0) is 6.42 Å². The van der Waals surface area contributed by atoms with E-state index < -0.39 is 0 Å². The molecule has 1 nitrogen and oxygen atoms in total. The summed E-state index contributed by atoms with van der Waals surface area (Å²) in [5.74, 6) is 0. The van der Waals surface area contributed by atoms with Gasteiger partial charge >= 0.3 is 0 Å². The third-order valence-electron chi connectivity index (χ3n) is 1.55. The highest BCUT2D eigenvalue weighted by atomic mass is 79.9. The van der Waals surface area contributed by atoms with E-state index in [1.165, 1.54) is 12.0 Å². The van der Waals surface area contributed by atoms with Crippen LogP contribution in [0.5, 0.6) is 0 Å². The molecular weight excluding hydrogens is 202 g/mol. The average Bonchev–Trinajstić information content (AvgIpc) is 2.03. The lowest BCUT2D eigenvalue weighted by atomic mass is 10.1. The lowest BCUT2D eigenvalue weighted by Crippen LogP contribution is -1.93. The Hall–Kier alpha value is -0.370. The van der Waals surface area contributed by atoms with E-state index >= 15 is 0 Å². The van der Waals surface area contributed by atoms with Gasteiger partial charge in [0.05, 0.1) is 0 Å². The van der Waals surface area contributed by atoms with Crippen LogP contribution >= 0.6 is 15.9 Å². The predicted molar refractivity (Wildman–Crippen MR) is 50.9 cm³/mol. The van der Waals surface area contributed by atoms with Crippen molar-refractivity contribution in [3.05, 3.63) is 30.1 Å². The van der Waals surface area contributed by atoms with E-state index in [9.17, 15) is 0 Å². The number of aromatic nitrogens is 1. The van der Waals surface area contributed by atoms with Gasteiger partial charge in [-0.25, -0.2) is 0 Å². The van der Waals surface area contributed by atoms with E-state index in [4.69, 9.17) is 0 Å². The van der Waals surface area contributed by atoms with Crippen LogP contribution in [0.25, 0.3) is 0 Å². The van der Waals surface area contributed by atoms with E-state index in [1.54, 1.807) is 6.20 Å². The second-order valence-corrected chi connectivity index (χ2v) is 4.24. The van der Waals surface area contributed by atoms with Crippen molar-refractivity contribution in [1.82, 2.24) is 4.98 Å². The smallest absolute Gasteiger partial charge is 0.0299 e. The van der Waals surface area contributed by atoms with Crippen molar-refractivity contribution in [3.8, 4) is 0 Å². The Bertz CT molecular complexity index is 196. The molecule has 0 aliphatic rings. The molecule has 0 aromatic carbocycles. The quantitative estimate of drug-likeness (QED) is 0.705. The van der Waals surface area contributed by atoms with Gasteiger partial charge in [-0.3, -0.25) is 4.98 Å². The zero-order chi connectivity index (χ0) is 8.10. The first-order valence-electron chi connectivity index (χ1n) is 3.82. The number of hydrogen-bond donors (Lipinski definition) is 0. The van der Waals surface area contributed by atoms with Gasteiger partial charge in [0, 0.05) is 17.2 Å². The zero-order valence-electron chi connectivity index (χ0n) is 6.63. The maximum absolute atomic E-state index is 4.05. The molecule has 11 heavy (non-hydrogen) atoms. The molecule has 2 heteroatoms. The third kappa shape index (κ3) is 3.51. The SMILES string of the molecule is CC(Br)CCc1cccnc1. The number of hydrogen-bond acceptors (Lipinski definition) is 1. The Labute approximate surface area is 76.0 Å². The van der Waals surface area contributed by atoms with Crippen LogP contribution in [-0.4, -0.2) is 9.81 Å². The summed E-state index contributed by atoms with van der Waals surface area (Å²) >= 11 is 3.51. The molecule has 0 amide bonds. The van der Waals surface area contributed by atoms with Crippen LogP contribution in [0.3, 0.4) is 0 Å². The minimum absolute atomic E-state index is 0.600. The molecule has 0 N–H and O–H groups in total. The van der Waals surface area contributed by atoms with E-state index in [2.05, 4.69) is 33.9 Å². The lowest BCUT2D eigenvalue weighted by molar-refractivity contribution is 0.818. The van der Waals surface area contributed by atoms with Crippen molar-refractivity contribution in [1.29, 1.82) is 0 Å². The third-order valence-corrected chi connectivity index (χ3v) is 2.01. The van der Waals surface area contributed by atoms with Crippen LogP contribution in [0.2, 0.25) is 0 Å². The normalized spacial score (nSPS) is 12.9. The molecule has 0 saturated heterocycles. The second kappa shape index (κ2) is 4.50. The topological polar surface area (TPSA) is 12.9 Å². The highest BCUT2D eigenvalue weighted by molar-refractivity contribution is 9.09. The van der Waals surface area contributed by atoms with Gasteiger partial charge in [-0.05, 0) is 24.5 Å². The average molecular weight is 214 g/mol. The fourth-order valence-corrected chi connectivity index (χ4v) is 1.14. The van der Waals surface area contributed by atoms with Gasteiger partial charge in [0.25, 0.3) is 0 Å². The molecule has 0 fully saturated rings. The largest absolute Gasteiger partial charge is 0.264 e. The van der Waals surface area contributed by atoms with Crippen LogP contribution in [0.1, 0.15) is 18.9 Å². The molecule has 1 heterocycles. The van der Waals surface area contributed by atoms with Gasteiger partial charge in [0.2, 0.25) is 0 Å². The van der Waals surface area contributed by atoms with Crippen LogP contribution in [0.4, 0.5) is 0 Å². The fourth-order valence-electron chi connectivity index (χ4n) is 0.912. The molecule has 1 rings (SSSR count). The molecule has 0 spiro atoms. The van der Waals surface area contributed by atoms with E-state index in [0.29, 0.717) is 4.83 Å². The second-order valence-electron chi connectivity index (χ2n) is 2.68. The van der Waals surface area contributed by atoms with Gasteiger partial charge in [0.15, 0.2) is 0 Å². The number of rotatable bonds is 3. The Morgan fingerprint density at radius 2 is 2.45 bits per heavy atom. The molecule has 0 aliphatic heterocycles. The van der Waals surface area contributed by atoms with Gasteiger partial charge in [-0.15, -0.1) is 0 Å². The first kappa shape index (κ1) is 8.72. The Balaban J connectivity index is 2.39. The zero-order valence-corrected chi connectivity index (χ0v) is 8.21. The summed E-state index contributed by atoms with van der Waals surface area (Å²) in [6, 6.07) is 4.09. The van der Waals surface area contributed by atoms with E-state index in [0.717, 1.165) is 6.42 Å². The Morgan fingerprint density at radius 3 is 3.00 bits per heavy atom. The molecule has 0 radical (unpaired) electrons. The molecule has 60 valence electrons. The molecule has 1 unspecified atom stereocenters. The summed E-state index contributed by atoms with van der Waals surface area (Å²) in [7, 11) is 0.